The van der Waals surface area contributed by atoms with Crippen molar-refractivity contribution >= 4 is 0 Å². The van der Waals surface area contributed by atoms with Crippen molar-refractivity contribution in [3.63, 3.8) is 0 Å². The van der Waals surface area contributed by atoms with E-state index in [4.69, 9.17) is 5.84 Å². The average Bonchev–Trinajstić information content (AvgIpc) is 2.81. The number of nitrogens with two attached hydrogens (primary N) is 1. The largest absolute Gasteiger partial charge is 0.271 e. The van der Waals surface area contributed by atoms with E-state index in [9.17, 15) is 0 Å². The molecular weight excluding hydrogens is 232 g/mol. The van der Waals surface area contributed by atoms with Gasteiger partial charge in [0.25, 0.3) is 0 Å². The highest BCUT2D eigenvalue weighted by Gasteiger charge is 2.42. The summed E-state index contributed by atoms with van der Waals surface area (Å²) < 4.78 is 0. The Morgan fingerprint density at radius 3 is 2.37 bits per heavy atom. The fraction of sp³-hybridized carbons (Fsp3) is 0.647. The Bertz CT molecular complexity index is 405. The highest BCUT2D eigenvalue weighted by molar-refractivity contribution is 5.30. The summed E-state index contributed by atoms with van der Waals surface area (Å²) in [5.74, 6) is 6.68. The smallest absolute Gasteiger partial charge is 0.0518 e. The van der Waals surface area contributed by atoms with Crippen molar-refractivity contribution in [1.29, 1.82) is 0 Å². The molecular formula is C17H28N2. The molecule has 1 aromatic carbocycles. The van der Waals surface area contributed by atoms with Gasteiger partial charge in [-0.15, -0.1) is 0 Å². The number of hydrazine groups is 1. The topological polar surface area (TPSA) is 38.0 Å². The molecule has 2 heteroatoms. The van der Waals surface area contributed by atoms with Crippen LogP contribution in [0.4, 0.5) is 0 Å². The number of hydrogen-bond acceptors (Lipinski definition) is 2. The van der Waals surface area contributed by atoms with Crippen LogP contribution in [0.2, 0.25) is 0 Å². The monoisotopic (exact) mass is 260 g/mol. The van der Waals surface area contributed by atoms with Gasteiger partial charge in [0.15, 0.2) is 0 Å². The lowest BCUT2D eigenvalue weighted by atomic mass is 9.70. The molecule has 0 amide bonds. The summed E-state index contributed by atoms with van der Waals surface area (Å²) in [6, 6.07) is 8.96. The highest BCUT2D eigenvalue weighted by Crippen LogP contribution is 2.51. The maximum Gasteiger partial charge on any atom is 0.0518 e. The summed E-state index contributed by atoms with van der Waals surface area (Å²) in [6.45, 7) is 6.84. The van der Waals surface area contributed by atoms with Gasteiger partial charge in [-0.25, -0.2) is 0 Å². The zero-order valence-corrected chi connectivity index (χ0v) is 12.6. The lowest BCUT2D eigenvalue weighted by Gasteiger charge is -2.39. The fourth-order valence-corrected chi connectivity index (χ4v) is 4.01. The van der Waals surface area contributed by atoms with E-state index in [1.165, 1.54) is 43.2 Å². The molecule has 2 rings (SSSR count). The van der Waals surface area contributed by atoms with E-state index in [0.29, 0.717) is 11.5 Å². The number of benzene rings is 1. The van der Waals surface area contributed by atoms with E-state index in [1.54, 1.807) is 0 Å². The molecule has 106 valence electrons. The van der Waals surface area contributed by atoms with Crippen LogP contribution in [0.3, 0.4) is 0 Å². The summed E-state index contributed by atoms with van der Waals surface area (Å²) in [5, 5.41) is 0. The maximum absolute atomic E-state index is 5.96. The molecule has 1 aromatic rings. The second-order valence-corrected chi connectivity index (χ2v) is 6.62. The molecule has 1 aliphatic carbocycles. The molecule has 1 unspecified atom stereocenters. The van der Waals surface area contributed by atoms with Gasteiger partial charge >= 0.3 is 0 Å². The standard InChI is InChI=1S/C17H28N2/c1-13(2)12-17(10-6-7-11-17)16(19-18)15-9-5-4-8-14(15)3/h4-5,8-9,13,16,19H,6-7,10-12,18H2,1-3H3. The van der Waals surface area contributed by atoms with E-state index in [0.717, 1.165) is 5.92 Å². The lowest BCUT2D eigenvalue weighted by Crippen LogP contribution is -2.41. The second kappa shape index (κ2) is 6.06. The van der Waals surface area contributed by atoms with Crippen molar-refractivity contribution in [2.45, 2.75) is 58.9 Å². The van der Waals surface area contributed by atoms with Crippen LogP contribution in [-0.2, 0) is 0 Å². The van der Waals surface area contributed by atoms with E-state index >= 15 is 0 Å². The molecule has 1 saturated carbocycles. The summed E-state index contributed by atoms with van der Waals surface area (Å²) in [5.41, 5.74) is 6.22. The van der Waals surface area contributed by atoms with Crippen LogP contribution < -0.4 is 11.3 Å². The molecule has 0 bridgehead atoms. The molecule has 0 heterocycles. The third-order valence-corrected chi connectivity index (χ3v) is 4.69. The normalized spacial score (nSPS) is 19.8. The van der Waals surface area contributed by atoms with Gasteiger partial charge < -0.3 is 0 Å². The molecule has 19 heavy (non-hydrogen) atoms. The Hall–Kier alpha value is -0.860. The minimum atomic E-state index is 0.290. The van der Waals surface area contributed by atoms with Gasteiger partial charge in [0.2, 0.25) is 0 Å². The molecule has 1 atom stereocenters. The first-order valence-electron chi connectivity index (χ1n) is 7.61. The number of hydrogen-bond donors (Lipinski definition) is 2. The Morgan fingerprint density at radius 2 is 1.84 bits per heavy atom. The first-order valence-corrected chi connectivity index (χ1v) is 7.61. The van der Waals surface area contributed by atoms with Crippen molar-refractivity contribution in [3.8, 4) is 0 Å². The zero-order valence-electron chi connectivity index (χ0n) is 12.6. The van der Waals surface area contributed by atoms with Gasteiger partial charge in [-0.05, 0) is 48.6 Å². The SMILES string of the molecule is Cc1ccccc1C(NN)C1(CC(C)C)CCCC1. The molecule has 0 radical (unpaired) electrons. The minimum absolute atomic E-state index is 0.290. The van der Waals surface area contributed by atoms with Crippen LogP contribution in [0, 0.1) is 18.3 Å². The molecule has 1 fully saturated rings. The van der Waals surface area contributed by atoms with Crippen molar-refractivity contribution in [3.05, 3.63) is 35.4 Å². The van der Waals surface area contributed by atoms with Crippen molar-refractivity contribution in [2.24, 2.45) is 17.2 Å². The summed E-state index contributed by atoms with van der Waals surface area (Å²) in [6.07, 6.45) is 6.55. The van der Waals surface area contributed by atoms with Crippen LogP contribution in [0.5, 0.6) is 0 Å². The maximum atomic E-state index is 5.96. The molecule has 0 aromatic heterocycles. The summed E-state index contributed by atoms with van der Waals surface area (Å²) in [7, 11) is 0. The Morgan fingerprint density at radius 1 is 1.21 bits per heavy atom. The first kappa shape index (κ1) is 14.5. The third-order valence-electron chi connectivity index (χ3n) is 4.69. The zero-order chi connectivity index (χ0) is 13.9. The molecule has 2 nitrogen and oxygen atoms in total. The van der Waals surface area contributed by atoms with E-state index in [-0.39, 0.29) is 0 Å². The number of rotatable bonds is 5. The highest BCUT2D eigenvalue weighted by atomic mass is 15.2. The fourth-order valence-electron chi connectivity index (χ4n) is 4.01. The third kappa shape index (κ3) is 3.01. The predicted octanol–water partition coefficient (Wildman–Crippen LogP) is 4.11. The quantitative estimate of drug-likeness (QED) is 0.617. The van der Waals surface area contributed by atoms with Gasteiger partial charge in [0.1, 0.15) is 0 Å². The van der Waals surface area contributed by atoms with Crippen molar-refractivity contribution in [1.82, 2.24) is 5.43 Å². The second-order valence-electron chi connectivity index (χ2n) is 6.62. The van der Waals surface area contributed by atoms with Crippen LogP contribution in [-0.4, -0.2) is 0 Å². The Kier molecular flexibility index (Phi) is 4.64. The van der Waals surface area contributed by atoms with Crippen LogP contribution in [0.15, 0.2) is 24.3 Å². The van der Waals surface area contributed by atoms with Gasteiger partial charge in [-0.1, -0.05) is 51.0 Å². The Labute approximate surface area is 117 Å². The van der Waals surface area contributed by atoms with E-state index in [2.05, 4.69) is 50.5 Å². The molecule has 3 N–H and O–H groups in total. The van der Waals surface area contributed by atoms with Gasteiger partial charge in [-0.3, -0.25) is 11.3 Å². The van der Waals surface area contributed by atoms with Crippen molar-refractivity contribution in [2.75, 3.05) is 0 Å². The Balaban J connectivity index is 2.35. The number of aryl methyl sites for hydroxylation is 1. The van der Waals surface area contributed by atoms with E-state index < -0.39 is 0 Å². The predicted molar refractivity (Wildman–Crippen MR) is 81.6 cm³/mol. The van der Waals surface area contributed by atoms with Crippen LogP contribution in [0.1, 0.15) is 63.1 Å². The molecule has 0 saturated heterocycles. The first-order chi connectivity index (χ1) is 9.09. The molecule has 0 spiro atoms. The molecule has 0 aliphatic heterocycles. The lowest BCUT2D eigenvalue weighted by molar-refractivity contribution is 0.155. The molecule has 1 aliphatic rings. The average molecular weight is 260 g/mol. The minimum Gasteiger partial charge on any atom is -0.271 e. The van der Waals surface area contributed by atoms with Crippen molar-refractivity contribution < 1.29 is 0 Å². The van der Waals surface area contributed by atoms with Gasteiger partial charge in [0.05, 0.1) is 6.04 Å². The van der Waals surface area contributed by atoms with Gasteiger partial charge in [0, 0.05) is 0 Å². The van der Waals surface area contributed by atoms with Gasteiger partial charge in [-0.2, -0.15) is 0 Å². The summed E-state index contributed by atoms with van der Waals surface area (Å²) >= 11 is 0. The summed E-state index contributed by atoms with van der Waals surface area (Å²) in [4.78, 5) is 0. The van der Waals surface area contributed by atoms with Crippen LogP contribution in [0.25, 0.3) is 0 Å². The van der Waals surface area contributed by atoms with Crippen LogP contribution >= 0.6 is 0 Å². The number of nitrogens with one attached hydrogen (secondary N) is 1. The van der Waals surface area contributed by atoms with E-state index in [1.807, 2.05) is 0 Å².